The summed E-state index contributed by atoms with van der Waals surface area (Å²) < 4.78 is 0.803. The van der Waals surface area contributed by atoms with E-state index in [1.165, 1.54) is 0 Å². The van der Waals surface area contributed by atoms with Gasteiger partial charge in [0.05, 0.1) is 0 Å². The van der Waals surface area contributed by atoms with Crippen LogP contribution in [0.2, 0.25) is 13.1 Å². The summed E-state index contributed by atoms with van der Waals surface area (Å²) >= 11 is 3.50. The van der Waals surface area contributed by atoms with Crippen molar-refractivity contribution in [1.29, 1.82) is 0 Å². The Labute approximate surface area is 49.7 Å². The van der Waals surface area contributed by atoms with Gasteiger partial charge in [-0.15, -0.1) is 0 Å². The predicted octanol–water partition coefficient (Wildman–Crippen LogP) is 1.80. The highest BCUT2D eigenvalue weighted by Gasteiger charge is 2.00. The van der Waals surface area contributed by atoms with E-state index in [2.05, 4.69) is 35.9 Å². The van der Waals surface area contributed by atoms with Gasteiger partial charge in [-0.25, -0.2) is 0 Å². The summed E-state index contributed by atoms with van der Waals surface area (Å²) in [6, 6.07) is 0. The highest BCUT2D eigenvalue weighted by molar-refractivity contribution is 9.10. The molecular formula is C4H11BrSi. The summed E-state index contributed by atoms with van der Waals surface area (Å²) in [5.41, 5.74) is 0. The molecule has 0 N–H and O–H groups in total. The van der Waals surface area contributed by atoms with E-state index >= 15 is 0 Å². The van der Waals surface area contributed by atoms with E-state index < -0.39 is 0 Å². The van der Waals surface area contributed by atoms with Crippen molar-refractivity contribution in [2.45, 2.75) is 24.5 Å². The van der Waals surface area contributed by atoms with E-state index in [0.717, 1.165) is 4.45 Å². The summed E-state index contributed by atoms with van der Waals surface area (Å²) in [6.45, 7) is 6.88. The van der Waals surface area contributed by atoms with Gasteiger partial charge in [-0.2, -0.15) is 0 Å². The van der Waals surface area contributed by atoms with Gasteiger partial charge < -0.3 is 0 Å². The lowest BCUT2D eigenvalue weighted by atomic mass is 11.0. The number of rotatable bonds is 1. The van der Waals surface area contributed by atoms with Crippen molar-refractivity contribution < 1.29 is 0 Å². The van der Waals surface area contributed by atoms with Gasteiger partial charge >= 0.3 is 0 Å². The lowest BCUT2D eigenvalue weighted by Gasteiger charge is -2.01. The zero-order chi connectivity index (χ0) is 5.15. The minimum atomic E-state index is -0.327. The van der Waals surface area contributed by atoms with Crippen molar-refractivity contribution in [1.82, 2.24) is 0 Å². The first-order valence-electron chi connectivity index (χ1n) is 2.28. The summed E-state index contributed by atoms with van der Waals surface area (Å²) in [5.74, 6) is 0. The Balaban J connectivity index is 2.99. The molecule has 1 atom stereocenters. The van der Waals surface area contributed by atoms with Crippen LogP contribution in [0.25, 0.3) is 0 Å². The SMILES string of the molecule is CC(Br)[SiH](C)C. The van der Waals surface area contributed by atoms with Crippen LogP contribution in [0.3, 0.4) is 0 Å². The molecule has 0 aromatic carbocycles. The van der Waals surface area contributed by atoms with Gasteiger partial charge in [0, 0.05) is 13.2 Å². The molecule has 0 saturated heterocycles. The molecule has 0 aliphatic rings. The molecule has 0 aromatic rings. The van der Waals surface area contributed by atoms with Crippen LogP contribution < -0.4 is 0 Å². The smallest absolute Gasteiger partial charge is 0.0462 e. The zero-order valence-corrected chi connectivity index (χ0v) is 7.27. The van der Waals surface area contributed by atoms with Crippen LogP contribution in [0.5, 0.6) is 0 Å². The second-order valence-corrected chi connectivity index (χ2v) is 7.83. The minimum Gasteiger partial charge on any atom is -0.0932 e. The fraction of sp³-hybridized carbons (Fsp3) is 1.00. The molecule has 1 unspecified atom stereocenters. The topological polar surface area (TPSA) is 0 Å². The molecule has 2 heteroatoms. The first kappa shape index (κ1) is 6.70. The molecule has 0 fully saturated rings. The average Bonchev–Trinajstić information content (AvgIpc) is 1.36. The molecule has 0 rings (SSSR count). The number of hydrogen-bond acceptors (Lipinski definition) is 0. The third-order valence-electron chi connectivity index (χ3n) is 0.919. The Morgan fingerprint density at radius 1 is 1.50 bits per heavy atom. The van der Waals surface area contributed by atoms with Gasteiger partial charge in [-0.05, 0) is 0 Å². The molecule has 0 spiro atoms. The van der Waals surface area contributed by atoms with Crippen molar-refractivity contribution in [2.75, 3.05) is 0 Å². The van der Waals surface area contributed by atoms with Crippen LogP contribution in [0.1, 0.15) is 6.92 Å². The first-order valence-corrected chi connectivity index (χ1v) is 6.18. The van der Waals surface area contributed by atoms with Gasteiger partial charge in [0.1, 0.15) is 0 Å². The normalized spacial score (nSPS) is 15.5. The maximum absolute atomic E-state index is 3.50. The predicted molar refractivity (Wildman–Crippen MR) is 37.3 cm³/mol. The maximum atomic E-state index is 3.50. The van der Waals surface area contributed by atoms with Crippen molar-refractivity contribution >= 4 is 24.7 Å². The van der Waals surface area contributed by atoms with E-state index in [9.17, 15) is 0 Å². The Morgan fingerprint density at radius 2 is 1.67 bits per heavy atom. The van der Waals surface area contributed by atoms with Crippen molar-refractivity contribution in [2.24, 2.45) is 0 Å². The minimum absolute atomic E-state index is 0.327. The number of halogens is 1. The second-order valence-electron chi connectivity index (χ2n) is 1.92. The van der Waals surface area contributed by atoms with Crippen molar-refractivity contribution in [3.8, 4) is 0 Å². The van der Waals surface area contributed by atoms with Crippen molar-refractivity contribution in [3.05, 3.63) is 0 Å². The molecule has 38 valence electrons. The summed E-state index contributed by atoms with van der Waals surface area (Å²) in [6.07, 6.45) is 0. The molecule has 0 aromatic heterocycles. The van der Waals surface area contributed by atoms with Gasteiger partial charge in [0.15, 0.2) is 0 Å². The quantitative estimate of drug-likeness (QED) is 0.412. The van der Waals surface area contributed by atoms with Gasteiger partial charge in [0.25, 0.3) is 0 Å². The van der Waals surface area contributed by atoms with Gasteiger partial charge in [-0.1, -0.05) is 35.9 Å². The van der Waals surface area contributed by atoms with Gasteiger partial charge in [0.2, 0.25) is 0 Å². The van der Waals surface area contributed by atoms with Gasteiger partial charge in [-0.3, -0.25) is 0 Å². The Bertz CT molecular complexity index is 28.5. The van der Waals surface area contributed by atoms with Crippen LogP contribution >= 0.6 is 15.9 Å². The average molecular weight is 167 g/mol. The van der Waals surface area contributed by atoms with Crippen LogP contribution in [-0.4, -0.2) is 13.2 Å². The van der Waals surface area contributed by atoms with Crippen LogP contribution in [-0.2, 0) is 0 Å². The van der Waals surface area contributed by atoms with Crippen LogP contribution in [0.4, 0.5) is 0 Å². The van der Waals surface area contributed by atoms with E-state index in [1.807, 2.05) is 0 Å². The van der Waals surface area contributed by atoms with E-state index in [4.69, 9.17) is 0 Å². The maximum Gasteiger partial charge on any atom is 0.0462 e. The summed E-state index contributed by atoms with van der Waals surface area (Å²) in [4.78, 5) is 0. The lowest BCUT2D eigenvalue weighted by Crippen LogP contribution is -2.12. The van der Waals surface area contributed by atoms with Crippen molar-refractivity contribution in [3.63, 3.8) is 0 Å². The molecule has 0 amide bonds. The number of hydrogen-bond donors (Lipinski definition) is 0. The highest BCUT2D eigenvalue weighted by atomic mass is 79.9. The fourth-order valence-corrected chi connectivity index (χ4v) is 0. The standard InChI is InChI=1S/C4H11BrSi/c1-4(5)6(2)3/h4,6H,1-3H3. The lowest BCUT2D eigenvalue weighted by molar-refractivity contribution is 1.37. The zero-order valence-electron chi connectivity index (χ0n) is 4.53. The highest BCUT2D eigenvalue weighted by Crippen LogP contribution is 2.00. The Hall–Kier alpha value is 0.697. The van der Waals surface area contributed by atoms with Crippen LogP contribution in [0, 0.1) is 0 Å². The summed E-state index contributed by atoms with van der Waals surface area (Å²) in [5, 5.41) is 0. The molecular weight excluding hydrogens is 156 g/mol. The third-order valence-corrected chi connectivity index (χ3v) is 5.93. The molecule has 0 saturated carbocycles. The molecule has 0 radical (unpaired) electrons. The second kappa shape index (κ2) is 2.80. The molecule has 0 aliphatic carbocycles. The van der Waals surface area contributed by atoms with E-state index in [1.54, 1.807) is 0 Å². The third kappa shape index (κ3) is 2.91. The largest absolute Gasteiger partial charge is 0.0932 e. The molecule has 0 bridgehead atoms. The first-order chi connectivity index (χ1) is 2.64. The molecule has 6 heavy (non-hydrogen) atoms. The summed E-state index contributed by atoms with van der Waals surface area (Å²) in [7, 11) is -0.327. The monoisotopic (exact) mass is 166 g/mol. The van der Waals surface area contributed by atoms with E-state index in [0.29, 0.717) is 0 Å². The molecule has 0 aliphatic heterocycles. The van der Waals surface area contributed by atoms with Crippen LogP contribution in [0.15, 0.2) is 0 Å². The Kier molecular flexibility index (Phi) is 3.13. The fourth-order valence-electron chi connectivity index (χ4n) is 0. The molecule has 0 heterocycles. The number of alkyl halides is 1. The molecule has 0 nitrogen and oxygen atoms in total. The van der Waals surface area contributed by atoms with E-state index in [-0.39, 0.29) is 8.80 Å². The Morgan fingerprint density at radius 3 is 1.67 bits per heavy atom.